The van der Waals surface area contributed by atoms with Crippen molar-refractivity contribution in [2.75, 3.05) is 5.32 Å². The number of carbonyl (C=O) groups is 1. The average Bonchev–Trinajstić information content (AvgIpc) is 3.57. The summed E-state index contributed by atoms with van der Waals surface area (Å²) in [6.07, 6.45) is 5.77. The SMILES string of the molecule is CCC[C@H](O)c1ncc(-c2cc3cnc(NC(=O)C4CC4)cc3n(C)c2=O)c(C)n1. The molecule has 0 aromatic carbocycles. The number of aromatic nitrogens is 4. The second kappa shape index (κ2) is 7.95. The van der Waals surface area contributed by atoms with E-state index in [0.29, 0.717) is 40.4 Å². The summed E-state index contributed by atoms with van der Waals surface area (Å²) >= 11 is 0. The maximum atomic E-state index is 13.1. The zero-order valence-electron chi connectivity index (χ0n) is 17.3. The lowest BCUT2D eigenvalue weighted by molar-refractivity contribution is -0.117. The molecule has 0 saturated heterocycles. The Morgan fingerprint density at radius 1 is 1.27 bits per heavy atom. The molecule has 4 rings (SSSR count). The molecule has 3 heterocycles. The average molecular weight is 407 g/mol. The van der Waals surface area contributed by atoms with Crippen molar-refractivity contribution in [2.45, 2.75) is 45.6 Å². The van der Waals surface area contributed by atoms with Gasteiger partial charge in [0.25, 0.3) is 5.56 Å². The van der Waals surface area contributed by atoms with E-state index in [0.717, 1.165) is 24.6 Å². The fourth-order valence-corrected chi connectivity index (χ4v) is 3.51. The minimum absolute atomic E-state index is 0.0263. The van der Waals surface area contributed by atoms with E-state index in [1.165, 1.54) is 0 Å². The molecule has 1 aliphatic rings. The van der Waals surface area contributed by atoms with Crippen LogP contribution >= 0.6 is 0 Å². The smallest absolute Gasteiger partial charge is 0.258 e. The molecule has 2 N–H and O–H groups in total. The number of amides is 1. The molecule has 8 heteroatoms. The van der Waals surface area contributed by atoms with Gasteiger partial charge >= 0.3 is 0 Å². The number of aliphatic hydroxyl groups excluding tert-OH is 1. The van der Waals surface area contributed by atoms with E-state index in [2.05, 4.69) is 20.3 Å². The van der Waals surface area contributed by atoms with Gasteiger partial charge in [-0.3, -0.25) is 9.59 Å². The van der Waals surface area contributed by atoms with Crippen molar-refractivity contribution in [1.29, 1.82) is 0 Å². The summed E-state index contributed by atoms with van der Waals surface area (Å²) in [6.45, 7) is 3.79. The van der Waals surface area contributed by atoms with Crippen LogP contribution in [0, 0.1) is 12.8 Å². The second-order valence-electron chi connectivity index (χ2n) is 7.85. The Morgan fingerprint density at radius 3 is 2.70 bits per heavy atom. The van der Waals surface area contributed by atoms with Gasteiger partial charge in [0.2, 0.25) is 5.91 Å². The van der Waals surface area contributed by atoms with E-state index in [1.807, 2.05) is 6.92 Å². The van der Waals surface area contributed by atoms with Crippen molar-refractivity contribution in [3.63, 3.8) is 0 Å². The third-order valence-corrected chi connectivity index (χ3v) is 5.46. The monoisotopic (exact) mass is 407 g/mol. The lowest BCUT2D eigenvalue weighted by Gasteiger charge is -2.13. The molecule has 3 aromatic heterocycles. The topological polar surface area (TPSA) is 110 Å². The molecule has 1 saturated carbocycles. The Balaban J connectivity index is 1.72. The number of nitrogens with one attached hydrogen (secondary N) is 1. The number of fused-ring (bicyclic) bond motifs is 1. The van der Waals surface area contributed by atoms with Crippen LogP contribution in [0.3, 0.4) is 0 Å². The first kappa shape index (κ1) is 20.2. The van der Waals surface area contributed by atoms with Crippen molar-refractivity contribution >= 4 is 22.6 Å². The lowest BCUT2D eigenvalue weighted by Crippen LogP contribution is -2.20. The molecule has 30 heavy (non-hydrogen) atoms. The van der Waals surface area contributed by atoms with E-state index in [1.54, 1.807) is 43.1 Å². The Morgan fingerprint density at radius 2 is 2.03 bits per heavy atom. The van der Waals surface area contributed by atoms with Gasteiger partial charge in [0.1, 0.15) is 11.9 Å². The number of hydrogen-bond acceptors (Lipinski definition) is 6. The van der Waals surface area contributed by atoms with Crippen molar-refractivity contribution in [2.24, 2.45) is 13.0 Å². The first-order valence-corrected chi connectivity index (χ1v) is 10.2. The highest BCUT2D eigenvalue weighted by Crippen LogP contribution is 2.30. The van der Waals surface area contributed by atoms with E-state index >= 15 is 0 Å². The number of pyridine rings is 2. The van der Waals surface area contributed by atoms with Gasteiger partial charge in [0.05, 0.1) is 11.1 Å². The van der Waals surface area contributed by atoms with Gasteiger partial charge in [-0.25, -0.2) is 15.0 Å². The molecule has 3 aromatic rings. The molecule has 0 spiro atoms. The van der Waals surface area contributed by atoms with Gasteiger partial charge < -0.3 is 15.0 Å². The summed E-state index contributed by atoms with van der Waals surface area (Å²) in [5.41, 5.74) is 2.21. The number of aryl methyl sites for hydroxylation is 2. The number of hydrogen-bond donors (Lipinski definition) is 2. The maximum absolute atomic E-state index is 13.1. The lowest BCUT2D eigenvalue weighted by atomic mass is 10.1. The molecule has 156 valence electrons. The summed E-state index contributed by atoms with van der Waals surface area (Å²) in [5.74, 6) is 0.862. The van der Waals surface area contributed by atoms with Crippen LogP contribution in [0.15, 0.2) is 29.3 Å². The summed E-state index contributed by atoms with van der Waals surface area (Å²) in [6, 6.07) is 3.49. The van der Waals surface area contributed by atoms with Crippen molar-refractivity contribution < 1.29 is 9.90 Å². The predicted octanol–water partition coefficient (Wildman–Crippen LogP) is 2.88. The fourth-order valence-electron chi connectivity index (χ4n) is 3.51. The fraction of sp³-hybridized carbons (Fsp3) is 0.409. The molecule has 1 amide bonds. The van der Waals surface area contributed by atoms with Crippen LogP contribution in [0.1, 0.15) is 50.2 Å². The summed E-state index contributed by atoms with van der Waals surface area (Å²) in [5, 5.41) is 13.7. The molecule has 1 aliphatic carbocycles. The van der Waals surface area contributed by atoms with E-state index < -0.39 is 6.10 Å². The van der Waals surface area contributed by atoms with Crippen LogP contribution in [0.4, 0.5) is 5.82 Å². The van der Waals surface area contributed by atoms with Crippen LogP contribution in [-0.2, 0) is 11.8 Å². The maximum Gasteiger partial charge on any atom is 0.258 e. The summed E-state index contributed by atoms with van der Waals surface area (Å²) in [7, 11) is 1.69. The van der Waals surface area contributed by atoms with Crippen molar-refractivity contribution in [3.05, 3.63) is 46.4 Å². The number of rotatable bonds is 6. The molecular weight excluding hydrogens is 382 g/mol. The number of aliphatic hydroxyl groups is 1. The first-order chi connectivity index (χ1) is 14.4. The molecule has 1 atom stereocenters. The Bertz CT molecular complexity index is 1180. The molecule has 0 bridgehead atoms. The largest absolute Gasteiger partial charge is 0.385 e. The van der Waals surface area contributed by atoms with Gasteiger partial charge in [-0.1, -0.05) is 13.3 Å². The molecular formula is C22H25N5O3. The van der Waals surface area contributed by atoms with Crippen LogP contribution in [0.25, 0.3) is 22.0 Å². The second-order valence-corrected chi connectivity index (χ2v) is 7.85. The van der Waals surface area contributed by atoms with Crippen molar-refractivity contribution in [3.8, 4) is 11.1 Å². The Hall–Kier alpha value is -3.13. The van der Waals surface area contributed by atoms with Gasteiger partial charge in [0, 0.05) is 48.1 Å². The molecule has 8 nitrogen and oxygen atoms in total. The number of nitrogens with zero attached hydrogens (tertiary/aromatic N) is 4. The number of anilines is 1. The first-order valence-electron chi connectivity index (χ1n) is 10.2. The van der Waals surface area contributed by atoms with Gasteiger partial charge in [-0.15, -0.1) is 0 Å². The molecule has 1 fully saturated rings. The predicted molar refractivity (Wildman–Crippen MR) is 114 cm³/mol. The van der Waals surface area contributed by atoms with Gasteiger partial charge in [0.15, 0.2) is 5.82 Å². The highest BCUT2D eigenvalue weighted by molar-refractivity contribution is 5.95. The highest BCUT2D eigenvalue weighted by Gasteiger charge is 2.29. The quantitative estimate of drug-likeness (QED) is 0.650. The Kier molecular flexibility index (Phi) is 5.34. The van der Waals surface area contributed by atoms with Crippen molar-refractivity contribution in [1.82, 2.24) is 19.5 Å². The molecule has 0 radical (unpaired) electrons. The summed E-state index contributed by atoms with van der Waals surface area (Å²) < 4.78 is 1.54. The van der Waals surface area contributed by atoms with E-state index in [9.17, 15) is 14.7 Å². The van der Waals surface area contributed by atoms with Crippen LogP contribution < -0.4 is 10.9 Å². The van der Waals surface area contributed by atoms with Crippen LogP contribution in [0.5, 0.6) is 0 Å². The normalized spacial score (nSPS) is 14.7. The molecule has 0 aliphatic heterocycles. The van der Waals surface area contributed by atoms with E-state index in [4.69, 9.17) is 0 Å². The van der Waals surface area contributed by atoms with E-state index in [-0.39, 0.29) is 17.4 Å². The van der Waals surface area contributed by atoms with Crippen LogP contribution in [0.2, 0.25) is 0 Å². The summed E-state index contributed by atoms with van der Waals surface area (Å²) in [4.78, 5) is 38.1. The minimum atomic E-state index is -0.712. The highest BCUT2D eigenvalue weighted by atomic mass is 16.3. The van der Waals surface area contributed by atoms with Gasteiger partial charge in [-0.05, 0) is 32.3 Å². The molecule has 0 unspecified atom stereocenters. The standard InChI is InChI=1S/C22H25N5O3/c1-4-5-18(28)20-24-11-16(12(2)25-20)15-8-14-10-23-19(26-21(29)13-6-7-13)9-17(14)27(3)22(15)30/h8-11,13,18,28H,4-7H2,1-3H3,(H,23,26,29)/t18-/m0/s1. The zero-order chi connectivity index (χ0) is 21.4. The third-order valence-electron chi connectivity index (χ3n) is 5.46. The minimum Gasteiger partial charge on any atom is -0.385 e. The third kappa shape index (κ3) is 3.82. The van der Waals surface area contributed by atoms with Crippen LogP contribution in [-0.4, -0.2) is 30.5 Å². The zero-order valence-corrected chi connectivity index (χ0v) is 17.3. The van der Waals surface area contributed by atoms with Gasteiger partial charge in [-0.2, -0.15) is 0 Å². The number of carbonyl (C=O) groups excluding carboxylic acids is 1. The Labute approximate surface area is 174 Å².